The van der Waals surface area contributed by atoms with Crippen molar-refractivity contribution in [3.05, 3.63) is 63.2 Å². The summed E-state index contributed by atoms with van der Waals surface area (Å²) in [5.41, 5.74) is 3.09. The maximum atomic E-state index is 10.8. The number of nitrogens with zero attached hydrogens (tertiary/aromatic N) is 5. The lowest BCUT2D eigenvalue weighted by Gasteiger charge is -2.25. The van der Waals surface area contributed by atoms with Gasteiger partial charge in [-0.2, -0.15) is 10.4 Å². The topological polar surface area (TPSA) is 104 Å². The van der Waals surface area contributed by atoms with E-state index >= 15 is 0 Å². The maximum Gasteiger partial charge on any atom is 0.270 e. The zero-order valence-electron chi connectivity index (χ0n) is 17.5. The molecule has 1 N–H and O–H groups in total. The van der Waals surface area contributed by atoms with Crippen LogP contribution in [0.5, 0.6) is 0 Å². The van der Waals surface area contributed by atoms with E-state index in [9.17, 15) is 15.4 Å². The van der Waals surface area contributed by atoms with Crippen molar-refractivity contribution in [1.29, 1.82) is 5.26 Å². The predicted molar refractivity (Wildman–Crippen MR) is 112 cm³/mol. The third-order valence-electron chi connectivity index (χ3n) is 4.53. The van der Waals surface area contributed by atoms with E-state index in [1.807, 2.05) is 25.1 Å². The van der Waals surface area contributed by atoms with Crippen LogP contribution in [0, 0.1) is 28.4 Å². The molecular weight excluding hydrogens is 368 g/mol. The molecule has 0 radical (unpaired) electrons. The first-order valence-corrected chi connectivity index (χ1v) is 9.35. The summed E-state index contributed by atoms with van der Waals surface area (Å²) in [6, 6.07) is 12.1. The molecule has 2 aromatic rings. The fourth-order valence-corrected chi connectivity index (χ4v) is 2.72. The molecule has 2 rings (SSSR count). The zero-order valence-corrected chi connectivity index (χ0v) is 17.5. The van der Waals surface area contributed by atoms with Crippen LogP contribution in [0.4, 0.5) is 17.1 Å². The molecule has 152 valence electrons. The molecule has 0 spiro atoms. The van der Waals surface area contributed by atoms with Crippen molar-refractivity contribution in [3.8, 4) is 6.07 Å². The molecule has 1 unspecified atom stereocenters. The fourth-order valence-electron chi connectivity index (χ4n) is 2.72. The first kappa shape index (κ1) is 22.1. The highest BCUT2D eigenvalue weighted by Gasteiger charge is 2.12. The third-order valence-corrected chi connectivity index (χ3v) is 4.53. The van der Waals surface area contributed by atoms with Crippen molar-refractivity contribution in [2.45, 2.75) is 19.9 Å². The van der Waals surface area contributed by atoms with Crippen LogP contribution < -0.4 is 5.32 Å². The molecular formula is C21H27N6O2+. The summed E-state index contributed by atoms with van der Waals surface area (Å²) in [6.07, 6.45) is 0. The molecule has 0 aliphatic rings. The average Bonchev–Trinajstić information content (AvgIpc) is 2.65. The third kappa shape index (κ3) is 6.45. The molecule has 29 heavy (non-hydrogen) atoms. The van der Waals surface area contributed by atoms with Crippen LogP contribution >= 0.6 is 0 Å². The van der Waals surface area contributed by atoms with Crippen molar-refractivity contribution in [3.63, 3.8) is 0 Å². The van der Waals surface area contributed by atoms with E-state index in [2.05, 4.69) is 49.7 Å². The molecule has 0 amide bonds. The van der Waals surface area contributed by atoms with Gasteiger partial charge in [0.2, 0.25) is 0 Å². The minimum absolute atomic E-state index is 0.118. The van der Waals surface area contributed by atoms with Crippen molar-refractivity contribution >= 4 is 17.1 Å². The van der Waals surface area contributed by atoms with Crippen LogP contribution in [-0.4, -0.2) is 43.6 Å². The normalized spacial score (nSPS) is 12.7. The highest BCUT2D eigenvalue weighted by atomic mass is 16.6. The number of aryl methyl sites for hydroxylation is 1. The number of hydrogen-bond donors (Lipinski definition) is 1. The molecule has 0 saturated heterocycles. The molecule has 0 bridgehead atoms. The number of hydrogen-bond acceptors (Lipinski definition) is 6. The number of nitriles is 1. The van der Waals surface area contributed by atoms with E-state index in [0.29, 0.717) is 11.4 Å². The van der Waals surface area contributed by atoms with Gasteiger partial charge in [0.1, 0.15) is 11.8 Å². The zero-order chi connectivity index (χ0) is 21.6. The molecule has 0 aliphatic heterocycles. The van der Waals surface area contributed by atoms with E-state index in [0.717, 1.165) is 28.7 Å². The molecule has 8 nitrogen and oxygen atoms in total. The number of quaternary nitrogens is 1. The number of nitro groups is 1. The summed E-state index contributed by atoms with van der Waals surface area (Å²) in [5.74, 6) is 0. The number of nitro benzene ring substituents is 1. The smallest absolute Gasteiger partial charge is 0.270 e. The van der Waals surface area contributed by atoms with Gasteiger partial charge in [-0.05, 0) is 37.1 Å². The van der Waals surface area contributed by atoms with Gasteiger partial charge in [-0.15, -0.1) is 5.11 Å². The van der Waals surface area contributed by atoms with Crippen LogP contribution in [0.2, 0.25) is 0 Å². The number of benzene rings is 2. The summed E-state index contributed by atoms with van der Waals surface area (Å²) < 4.78 is 0.908. The number of likely N-dealkylation sites (N-methyl/N-ethyl adjacent to an activating group) is 1. The number of nitrogens with one attached hydrogen (secondary N) is 1. The summed E-state index contributed by atoms with van der Waals surface area (Å²) in [7, 11) is 6.50. The van der Waals surface area contributed by atoms with Gasteiger partial charge < -0.3 is 9.80 Å². The Kier molecular flexibility index (Phi) is 7.15. The first-order chi connectivity index (χ1) is 13.6. The lowest BCUT2D eigenvalue weighted by molar-refractivity contribution is -0.869. The van der Waals surface area contributed by atoms with Crippen molar-refractivity contribution in [2.75, 3.05) is 34.2 Å². The van der Waals surface area contributed by atoms with Crippen LogP contribution in [-0.2, 0) is 0 Å². The SMILES string of the molecule is Cc1cc(C(C)NCC[N+](C)(C)C)ccc1N=Nc1ccc([N+](=O)[O-])cc1C#N. The number of azo groups is 1. The lowest BCUT2D eigenvalue weighted by Crippen LogP contribution is -2.40. The Labute approximate surface area is 171 Å². The Bertz CT molecular complexity index is 957. The summed E-state index contributed by atoms with van der Waals surface area (Å²) in [4.78, 5) is 10.3. The van der Waals surface area contributed by atoms with Gasteiger partial charge in [-0.3, -0.25) is 10.1 Å². The fraction of sp³-hybridized carbons (Fsp3) is 0.381. The standard InChI is InChI=1S/C21H27N6O2/c1-15-12-17(16(2)23-10-11-27(3,4)5)6-8-20(15)24-25-21-9-7-19(26(28)29)13-18(21)14-22/h6-9,12-13,16,23H,10-11H2,1-5H3/q+1. The highest BCUT2D eigenvalue weighted by molar-refractivity contribution is 5.58. The van der Waals surface area contributed by atoms with E-state index in [4.69, 9.17) is 0 Å². The van der Waals surface area contributed by atoms with Gasteiger partial charge in [-0.25, -0.2) is 0 Å². The molecule has 0 aromatic heterocycles. The largest absolute Gasteiger partial charge is 0.330 e. The van der Waals surface area contributed by atoms with Gasteiger partial charge in [0, 0.05) is 24.7 Å². The summed E-state index contributed by atoms with van der Waals surface area (Å²) in [6.45, 7) is 6.04. The van der Waals surface area contributed by atoms with E-state index in [1.165, 1.54) is 18.2 Å². The second-order valence-electron chi connectivity index (χ2n) is 8.01. The Balaban J connectivity index is 2.13. The van der Waals surface area contributed by atoms with Crippen molar-refractivity contribution in [2.24, 2.45) is 10.2 Å². The van der Waals surface area contributed by atoms with E-state index < -0.39 is 4.92 Å². The molecule has 0 fully saturated rings. The Hall–Kier alpha value is -3.15. The molecule has 0 aliphatic carbocycles. The summed E-state index contributed by atoms with van der Waals surface area (Å²) >= 11 is 0. The maximum absolute atomic E-state index is 10.8. The average molecular weight is 395 g/mol. The molecule has 0 saturated carbocycles. The Morgan fingerprint density at radius 2 is 1.83 bits per heavy atom. The minimum atomic E-state index is -0.541. The van der Waals surface area contributed by atoms with Crippen molar-refractivity contribution in [1.82, 2.24) is 5.32 Å². The first-order valence-electron chi connectivity index (χ1n) is 9.35. The van der Waals surface area contributed by atoms with Crippen LogP contribution in [0.1, 0.15) is 29.7 Å². The van der Waals surface area contributed by atoms with Crippen LogP contribution in [0.15, 0.2) is 46.6 Å². The van der Waals surface area contributed by atoms with E-state index in [-0.39, 0.29) is 17.3 Å². The lowest BCUT2D eigenvalue weighted by atomic mass is 10.0. The Morgan fingerprint density at radius 1 is 1.17 bits per heavy atom. The second-order valence-corrected chi connectivity index (χ2v) is 8.01. The van der Waals surface area contributed by atoms with Gasteiger partial charge >= 0.3 is 0 Å². The molecule has 2 aromatic carbocycles. The van der Waals surface area contributed by atoms with Gasteiger partial charge in [-0.1, -0.05) is 12.1 Å². The van der Waals surface area contributed by atoms with Crippen LogP contribution in [0.25, 0.3) is 0 Å². The van der Waals surface area contributed by atoms with Gasteiger partial charge in [0.15, 0.2) is 0 Å². The molecule has 0 heterocycles. The monoisotopic (exact) mass is 395 g/mol. The minimum Gasteiger partial charge on any atom is -0.330 e. The quantitative estimate of drug-likeness (QED) is 0.306. The second kappa shape index (κ2) is 9.37. The van der Waals surface area contributed by atoms with Crippen LogP contribution in [0.3, 0.4) is 0 Å². The van der Waals surface area contributed by atoms with Gasteiger partial charge in [0.25, 0.3) is 5.69 Å². The molecule has 1 atom stereocenters. The highest BCUT2D eigenvalue weighted by Crippen LogP contribution is 2.28. The number of non-ortho nitro benzene ring substituents is 1. The predicted octanol–water partition coefficient (Wildman–Crippen LogP) is 4.55. The van der Waals surface area contributed by atoms with E-state index in [1.54, 1.807) is 0 Å². The van der Waals surface area contributed by atoms with Crippen molar-refractivity contribution < 1.29 is 9.41 Å². The number of rotatable bonds is 8. The Morgan fingerprint density at radius 3 is 2.41 bits per heavy atom. The van der Waals surface area contributed by atoms with Gasteiger partial charge in [0.05, 0.1) is 43.9 Å². The summed E-state index contributed by atoms with van der Waals surface area (Å²) in [5, 5.41) is 31.9. The molecule has 8 heteroatoms.